The second-order valence-corrected chi connectivity index (χ2v) is 3.96. The topological polar surface area (TPSA) is 32.9 Å². The monoisotopic (exact) mass is 179 g/mol. The number of nitrogens with one attached hydrogen (secondary N) is 1. The van der Waals surface area contributed by atoms with E-state index in [0.29, 0.717) is 0 Å². The number of benzene rings is 1. The van der Waals surface area contributed by atoms with E-state index in [1.807, 2.05) is 19.1 Å². The van der Waals surface area contributed by atoms with Crippen LogP contribution in [0.2, 0.25) is 0 Å². The van der Waals surface area contributed by atoms with E-state index in [1.54, 1.807) is 0 Å². The van der Waals surface area contributed by atoms with Gasteiger partial charge in [-0.2, -0.15) is 0 Å². The summed E-state index contributed by atoms with van der Waals surface area (Å²) in [5.41, 5.74) is 3.41. The first-order valence-electron chi connectivity index (χ1n) is 3.77. The largest absolute Gasteiger partial charge is 0.312 e. The smallest absolute Gasteiger partial charge is 0.305 e. The van der Waals surface area contributed by atoms with Crippen molar-refractivity contribution in [2.24, 2.45) is 0 Å². The van der Waals surface area contributed by atoms with Gasteiger partial charge in [-0.05, 0) is 37.1 Å². The molecule has 0 fully saturated rings. The molecular formula is C9H9NOS. The fraction of sp³-hybridized carbons (Fsp3) is 0.222. The summed E-state index contributed by atoms with van der Waals surface area (Å²) in [7, 11) is 0. The van der Waals surface area contributed by atoms with Crippen molar-refractivity contribution >= 4 is 21.6 Å². The molecule has 0 aliphatic heterocycles. The summed E-state index contributed by atoms with van der Waals surface area (Å²) >= 11 is 1.26. The molecular weight excluding hydrogens is 170 g/mol. The lowest BCUT2D eigenvalue weighted by Gasteiger charge is -1.97. The average Bonchev–Trinajstić information content (AvgIpc) is 2.30. The summed E-state index contributed by atoms with van der Waals surface area (Å²) in [5, 5.41) is 0. The van der Waals surface area contributed by atoms with Crippen LogP contribution in [0.4, 0.5) is 0 Å². The molecule has 0 saturated carbocycles. The minimum Gasteiger partial charge on any atom is -0.312 e. The maximum Gasteiger partial charge on any atom is 0.305 e. The van der Waals surface area contributed by atoms with Crippen molar-refractivity contribution in [3.05, 3.63) is 32.9 Å². The Bertz CT molecular complexity index is 439. The molecule has 0 spiro atoms. The van der Waals surface area contributed by atoms with E-state index in [2.05, 4.69) is 11.9 Å². The first-order chi connectivity index (χ1) is 5.66. The molecule has 1 aromatic heterocycles. The third-order valence-electron chi connectivity index (χ3n) is 2.04. The normalized spacial score (nSPS) is 10.8. The van der Waals surface area contributed by atoms with Crippen molar-refractivity contribution < 1.29 is 0 Å². The van der Waals surface area contributed by atoms with E-state index in [0.717, 1.165) is 10.2 Å². The van der Waals surface area contributed by atoms with Crippen LogP contribution in [0, 0.1) is 13.8 Å². The number of rotatable bonds is 0. The Hall–Kier alpha value is -1.09. The molecule has 1 N–H and O–H groups in total. The number of fused-ring (bicyclic) bond motifs is 1. The van der Waals surface area contributed by atoms with Crippen molar-refractivity contribution in [3.63, 3.8) is 0 Å². The second kappa shape index (κ2) is 2.45. The zero-order valence-corrected chi connectivity index (χ0v) is 7.79. The summed E-state index contributed by atoms with van der Waals surface area (Å²) in [6.45, 7) is 4.10. The van der Waals surface area contributed by atoms with Crippen LogP contribution in [0.5, 0.6) is 0 Å². The highest BCUT2D eigenvalue weighted by atomic mass is 32.1. The van der Waals surface area contributed by atoms with Gasteiger partial charge >= 0.3 is 4.87 Å². The first kappa shape index (κ1) is 7.55. The molecule has 0 atom stereocenters. The third-order valence-corrected chi connectivity index (χ3v) is 2.88. The van der Waals surface area contributed by atoms with E-state index in [-0.39, 0.29) is 4.87 Å². The van der Waals surface area contributed by atoms with Gasteiger partial charge in [0.1, 0.15) is 0 Å². The number of aryl methyl sites for hydroxylation is 2. The number of thiazole rings is 1. The third kappa shape index (κ3) is 1.06. The van der Waals surface area contributed by atoms with Gasteiger partial charge in [0.05, 0.1) is 10.2 Å². The predicted molar refractivity (Wildman–Crippen MR) is 51.9 cm³/mol. The molecule has 0 radical (unpaired) electrons. The highest BCUT2D eigenvalue weighted by molar-refractivity contribution is 7.16. The summed E-state index contributed by atoms with van der Waals surface area (Å²) < 4.78 is 1.04. The number of aromatic nitrogens is 1. The molecule has 0 amide bonds. The van der Waals surface area contributed by atoms with E-state index in [4.69, 9.17) is 0 Å². The molecule has 0 saturated heterocycles. The van der Waals surface area contributed by atoms with E-state index in [9.17, 15) is 4.79 Å². The predicted octanol–water partition coefficient (Wildman–Crippen LogP) is 2.21. The van der Waals surface area contributed by atoms with Gasteiger partial charge in [-0.3, -0.25) is 4.79 Å². The second-order valence-electron chi connectivity index (χ2n) is 2.95. The maximum atomic E-state index is 11.0. The van der Waals surface area contributed by atoms with Crippen molar-refractivity contribution in [3.8, 4) is 0 Å². The Labute approximate surface area is 73.9 Å². The highest BCUT2D eigenvalue weighted by Gasteiger charge is 2.00. The molecule has 12 heavy (non-hydrogen) atoms. The molecule has 0 bridgehead atoms. The molecule has 2 rings (SSSR count). The molecule has 0 aliphatic rings. The van der Waals surface area contributed by atoms with E-state index in [1.165, 1.54) is 22.5 Å². The Morgan fingerprint density at radius 2 is 1.92 bits per heavy atom. The van der Waals surface area contributed by atoms with Crippen LogP contribution < -0.4 is 4.87 Å². The Morgan fingerprint density at radius 3 is 2.67 bits per heavy atom. The van der Waals surface area contributed by atoms with Crippen LogP contribution in [-0.2, 0) is 0 Å². The van der Waals surface area contributed by atoms with Gasteiger partial charge < -0.3 is 4.98 Å². The Morgan fingerprint density at radius 1 is 1.25 bits per heavy atom. The van der Waals surface area contributed by atoms with Crippen molar-refractivity contribution in [2.45, 2.75) is 13.8 Å². The van der Waals surface area contributed by atoms with Crippen LogP contribution in [0.15, 0.2) is 16.9 Å². The van der Waals surface area contributed by atoms with Gasteiger partial charge in [0, 0.05) is 0 Å². The summed E-state index contributed by atoms with van der Waals surface area (Å²) in [6, 6.07) is 4.07. The number of H-pyrrole nitrogens is 1. The minimum atomic E-state index is 0.0231. The van der Waals surface area contributed by atoms with Gasteiger partial charge in [-0.15, -0.1) is 0 Å². The van der Waals surface area contributed by atoms with Gasteiger partial charge in [0.25, 0.3) is 0 Å². The van der Waals surface area contributed by atoms with Crippen LogP contribution in [0.3, 0.4) is 0 Å². The summed E-state index contributed by atoms with van der Waals surface area (Å²) in [6.07, 6.45) is 0. The molecule has 1 aromatic carbocycles. The van der Waals surface area contributed by atoms with Gasteiger partial charge in [0.15, 0.2) is 0 Å². The molecule has 1 heterocycles. The first-order valence-corrected chi connectivity index (χ1v) is 4.58. The van der Waals surface area contributed by atoms with Crippen LogP contribution in [0.25, 0.3) is 10.2 Å². The Balaban J connectivity index is 2.92. The summed E-state index contributed by atoms with van der Waals surface area (Å²) in [5.74, 6) is 0. The van der Waals surface area contributed by atoms with Crippen molar-refractivity contribution in [2.75, 3.05) is 0 Å². The standard InChI is InChI=1S/C9H9NOS/c1-5-3-7-8(4-6(5)2)12-9(11)10-7/h3-4H,1-2H3,(H,10,11). The molecule has 2 aromatic rings. The lowest BCUT2D eigenvalue weighted by Crippen LogP contribution is -1.89. The SMILES string of the molecule is Cc1cc2[nH]c(=O)sc2cc1C. The number of hydrogen-bond acceptors (Lipinski definition) is 2. The minimum absolute atomic E-state index is 0.0231. The van der Waals surface area contributed by atoms with Gasteiger partial charge in [0.2, 0.25) is 0 Å². The fourth-order valence-corrected chi connectivity index (χ4v) is 2.02. The quantitative estimate of drug-likeness (QED) is 0.660. The molecule has 0 aliphatic carbocycles. The van der Waals surface area contributed by atoms with Gasteiger partial charge in [-0.25, -0.2) is 0 Å². The molecule has 3 heteroatoms. The zero-order chi connectivity index (χ0) is 8.72. The Kier molecular flexibility index (Phi) is 1.54. The van der Waals surface area contributed by atoms with Gasteiger partial charge in [-0.1, -0.05) is 11.3 Å². The lowest BCUT2D eigenvalue weighted by atomic mass is 10.1. The highest BCUT2D eigenvalue weighted by Crippen LogP contribution is 2.18. The molecule has 0 unspecified atom stereocenters. The van der Waals surface area contributed by atoms with Crippen LogP contribution in [0.1, 0.15) is 11.1 Å². The fourth-order valence-electron chi connectivity index (χ4n) is 1.21. The van der Waals surface area contributed by atoms with Crippen molar-refractivity contribution in [1.82, 2.24) is 4.98 Å². The summed E-state index contributed by atoms with van der Waals surface area (Å²) in [4.78, 5) is 13.8. The zero-order valence-electron chi connectivity index (χ0n) is 6.97. The molecule has 2 nitrogen and oxygen atoms in total. The number of hydrogen-bond donors (Lipinski definition) is 1. The van der Waals surface area contributed by atoms with Crippen LogP contribution >= 0.6 is 11.3 Å². The average molecular weight is 179 g/mol. The van der Waals surface area contributed by atoms with E-state index < -0.39 is 0 Å². The maximum absolute atomic E-state index is 11.0. The van der Waals surface area contributed by atoms with Crippen molar-refractivity contribution in [1.29, 1.82) is 0 Å². The van der Waals surface area contributed by atoms with E-state index >= 15 is 0 Å². The lowest BCUT2D eigenvalue weighted by molar-refractivity contribution is 1.34. The number of aromatic amines is 1. The van der Waals surface area contributed by atoms with Crippen LogP contribution in [-0.4, -0.2) is 4.98 Å². The molecule has 62 valence electrons.